The minimum Gasteiger partial charge on any atom is -0.508 e. The Kier molecular flexibility index (Phi) is 5.22. The quantitative estimate of drug-likeness (QED) is 0.831. The van der Waals surface area contributed by atoms with E-state index in [1.54, 1.807) is 36.4 Å². The molecule has 2 N–H and O–H groups in total. The highest BCUT2D eigenvalue weighted by molar-refractivity contribution is 8.00. The van der Waals surface area contributed by atoms with Gasteiger partial charge in [-0.2, -0.15) is 0 Å². The number of thioether (sulfide) groups is 1. The van der Waals surface area contributed by atoms with Crippen molar-refractivity contribution in [1.29, 1.82) is 0 Å². The molecule has 0 spiro atoms. The van der Waals surface area contributed by atoms with E-state index in [9.17, 15) is 14.3 Å². The smallest absolute Gasteiger partial charge is 0.230 e. The number of carbonyl (C=O) groups excluding carboxylic acids is 1. The number of halogens is 1. The number of aromatic hydroxyl groups is 1. The zero-order valence-corrected chi connectivity index (χ0v) is 12.4. The molecule has 0 aromatic heterocycles. The van der Waals surface area contributed by atoms with Crippen molar-refractivity contribution in [2.24, 2.45) is 0 Å². The van der Waals surface area contributed by atoms with Crippen LogP contribution in [0.15, 0.2) is 53.4 Å². The molecule has 0 saturated heterocycles. The topological polar surface area (TPSA) is 49.3 Å². The summed E-state index contributed by atoms with van der Waals surface area (Å²) in [5.74, 6) is 0.106. The Morgan fingerprint density at radius 1 is 1.19 bits per heavy atom. The molecule has 5 heteroatoms. The fourth-order valence-corrected chi connectivity index (χ4v) is 2.52. The van der Waals surface area contributed by atoms with Crippen LogP contribution in [-0.2, 0) is 4.79 Å². The summed E-state index contributed by atoms with van der Waals surface area (Å²) in [7, 11) is 0. The number of amides is 1. The van der Waals surface area contributed by atoms with Gasteiger partial charge in [-0.1, -0.05) is 12.1 Å². The molecule has 0 radical (unpaired) electrons. The lowest BCUT2D eigenvalue weighted by atomic mass is 10.1. The Bertz CT molecular complexity index is 599. The third-order valence-corrected chi connectivity index (χ3v) is 3.97. The average molecular weight is 305 g/mol. The van der Waals surface area contributed by atoms with Crippen LogP contribution in [0.2, 0.25) is 0 Å². The number of phenolic OH excluding ortho intramolecular Hbond substituents is 1. The molecule has 2 aromatic rings. The summed E-state index contributed by atoms with van der Waals surface area (Å²) in [6.45, 7) is 1.86. The van der Waals surface area contributed by atoms with E-state index in [1.807, 2.05) is 6.92 Å². The fraction of sp³-hybridized carbons (Fsp3) is 0.188. The highest BCUT2D eigenvalue weighted by Crippen LogP contribution is 2.21. The average Bonchev–Trinajstić information content (AvgIpc) is 2.47. The lowest BCUT2D eigenvalue weighted by Gasteiger charge is -2.14. The SMILES string of the molecule is CC(NC(=O)CSc1ccc(O)cc1)c1ccc(F)cc1. The highest BCUT2D eigenvalue weighted by atomic mass is 32.2. The van der Waals surface area contributed by atoms with Crippen molar-refractivity contribution in [2.75, 3.05) is 5.75 Å². The third kappa shape index (κ3) is 4.79. The number of benzene rings is 2. The molecular weight excluding hydrogens is 289 g/mol. The van der Waals surface area contributed by atoms with Gasteiger partial charge >= 0.3 is 0 Å². The highest BCUT2D eigenvalue weighted by Gasteiger charge is 2.10. The van der Waals surface area contributed by atoms with Gasteiger partial charge in [0, 0.05) is 4.90 Å². The molecule has 21 heavy (non-hydrogen) atoms. The fourth-order valence-electron chi connectivity index (χ4n) is 1.81. The Labute approximate surface area is 127 Å². The third-order valence-electron chi connectivity index (χ3n) is 2.95. The van der Waals surface area contributed by atoms with Crippen molar-refractivity contribution in [3.8, 4) is 5.75 Å². The molecule has 2 aromatic carbocycles. The maximum absolute atomic E-state index is 12.8. The number of rotatable bonds is 5. The van der Waals surface area contributed by atoms with Gasteiger partial charge in [0.1, 0.15) is 11.6 Å². The lowest BCUT2D eigenvalue weighted by Crippen LogP contribution is -2.28. The molecule has 0 aliphatic carbocycles. The number of nitrogens with one attached hydrogen (secondary N) is 1. The molecule has 0 aliphatic heterocycles. The van der Waals surface area contributed by atoms with Crippen molar-refractivity contribution in [3.05, 3.63) is 59.9 Å². The maximum Gasteiger partial charge on any atom is 0.230 e. The molecule has 110 valence electrons. The Balaban J connectivity index is 1.83. The van der Waals surface area contributed by atoms with E-state index in [1.165, 1.54) is 23.9 Å². The molecule has 2 rings (SSSR count). The van der Waals surface area contributed by atoms with Crippen LogP contribution in [0.3, 0.4) is 0 Å². The van der Waals surface area contributed by atoms with Crippen LogP contribution in [0.1, 0.15) is 18.5 Å². The first kappa shape index (κ1) is 15.4. The van der Waals surface area contributed by atoms with E-state index in [4.69, 9.17) is 0 Å². The zero-order valence-electron chi connectivity index (χ0n) is 11.5. The van der Waals surface area contributed by atoms with Crippen LogP contribution in [0.25, 0.3) is 0 Å². The van der Waals surface area contributed by atoms with Crippen molar-refractivity contribution in [1.82, 2.24) is 5.32 Å². The molecule has 0 heterocycles. The van der Waals surface area contributed by atoms with E-state index in [-0.39, 0.29) is 29.3 Å². The van der Waals surface area contributed by atoms with Crippen LogP contribution in [0.5, 0.6) is 5.75 Å². The van der Waals surface area contributed by atoms with Crippen molar-refractivity contribution >= 4 is 17.7 Å². The standard InChI is InChI=1S/C16H16FNO2S/c1-11(12-2-4-13(17)5-3-12)18-16(20)10-21-15-8-6-14(19)7-9-15/h2-9,11,19H,10H2,1H3,(H,18,20). The normalized spacial score (nSPS) is 11.9. The van der Waals surface area contributed by atoms with Gasteiger partial charge in [0.15, 0.2) is 0 Å². The minimum absolute atomic E-state index is 0.0927. The summed E-state index contributed by atoms with van der Waals surface area (Å²) in [5.41, 5.74) is 0.861. The maximum atomic E-state index is 12.8. The first-order chi connectivity index (χ1) is 10.0. The molecular formula is C16H16FNO2S. The van der Waals surface area contributed by atoms with Crippen LogP contribution < -0.4 is 5.32 Å². The number of hydrogen-bond donors (Lipinski definition) is 2. The molecule has 3 nitrogen and oxygen atoms in total. The van der Waals surface area contributed by atoms with Crippen molar-refractivity contribution < 1.29 is 14.3 Å². The Hall–Kier alpha value is -2.01. The van der Waals surface area contributed by atoms with E-state index >= 15 is 0 Å². The summed E-state index contributed by atoms with van der Waals surface area (Å²) in [6, 6.07) is 12.6. The van der Waals surface area contributed by atoms with Crippen LogP contribution in [-0.4, -0.2) is 16.8 Å². The number of hydrogen-bond acceptors (Lipinski definition) is 3. The largest absolute Gasteiger partial charge is 0.508 e. The summed E-state index contributed by atoms with van der Waals surface area (Å²) in [6.07, 6.45) is 0. The molecule has 1 unspecified atom stereocenters. The van der Waals surface area contributed by atoms with Crippen LogP contribution >= 0.6 is 11.8 Å². The summed E-state index contributed by atoms with van der Waals surface area (Å²) >= 11 is 1.39. The predicted molar refractivity (Wildman–Crippen MR) is 81.8 cm³/mol. The van der Waals surface area contributed by atoms with E-state index < -0.39 is 0 Å². The van der Waals surface area contributed by atoms with Gasteiger partial charge in [-0.05, 0) is 48.9 Å². The first-order valence-electron chi connectivity index (χ1n) is 6.51. The summed E-state index contributed by atoms with van der Waals surface area (Å²) in [4.78, 5) is 12.8. The van der Waals surface area contributed by atoms with Gasteiger partial charge in [-0.25, -0.2) is 4.39 Å². The van der Waals surface area contributed by atoms with Gasteiger partial charge in [0.2, 0.25) is 5.91 Å². The second-order valence-corrected chi connectivity index (χ2v) is 5.67. The van der Waals surface area contributed by atoms with Gasteiger partial charge in [-0.15, -0.1) is 11.8 Å². The molecule has 0 saturated carbocycles. The van der Waals surface area contributed by atoms with Crippen molar-refractivity contribution in [3.63, 3.8) is 0 Å². The van der Waals surface area contributed by atoms with Gasteiger partial charge in [-0.3, -0.25) is 4.79 Å². The second kappa shape index (κ2) is 7.13. The lowest BCUT2D eigenvalue weighted by molar-refractivity contribution is -0.119. The first-order valence-corrected chi connectivity index (χ1v) is 7.50. The molecule has 1 atom stereocenters. The van der Waals surface area contributed by atoms with Crippen LogP contribution in [0.4, 0.5) is 4.39 Å². The van der Waals surface area contributed by atoms with E-state index in [0.717, 1.165) is 10.5 Å². The Morgan fingerprint density at radius 2 is 1.81 bits per heavy atom. The van der Waals surface area contributed by atoms with Gasteiger partial charge < -0.3 is 10.4 Å². The number of phenols is 1. The van der Waals surface area contributed by atoms with E-state index in [0.29, 0.717) is 0 Å². The minimum atomic E-state index is -0.292. The molecule has 0 fully saturated rings. The number of carbonyl (C=O) groups is 1. The summed E-state index contributed by atoms with van der Waals surface area (Å²) in [5, 5.41) is 12.0. The second-order valence-electron chi connectivity index (χ2n) is 4.62. The monoisotopic (exact) mass is 305 g/mol. The summed E-state index contributed by atoms with van der Waals surface area (Å²) < 4.78 is 12.8. The van der Waals surface area contributed by atoms with Crippen molar-refractivity contribution in [2.45, 2.75) is 17.9 Å². The van der Waals surface area contributed by atoms with Crippen LogP contribution in [0, 0.1) is 5.82 Å². The van der Waals surface area contributed by atoms with Gasteiger partial charge in [0.05, 0.1) is 11.8 Å². The van der Waals surface area contributed by atoms with Gasteiger partial charge in [0.25, 0.3) is 0 Å². The molecule has 0 bridgehead atoms. The molecule has 0 aliphatic rings. The van der Waals surface area contributed by atoms with E-state index in [2.05, 4.69) is 5.32 Å². The zero-order chi connectivity index (χ0) is 15.2. The molecule has 1 amide bonds. The Morgan fingerprint density at radius 3 is 2.43 bits per heavy atom. The predicted octanol–water partition coefficient (Wildman–Crippen LogP) is 3.50.